The first-order valence-corrected chi connectivity index (χ1v) is 8.81. The number of benzene rings is 2. The number of hydrogen-bond donors (Lipinski definition) is 0. The minimum absolute atomic E-state index is 0.0712. The second-order valence-electron chi connectivity index (χ2n) is 6.31. The van der Waals surface area contributed by atoms with E-state index >= 15 is 0 Å². The van der Waals surface area contributed by atoms with Crippen molar-refractivity contribution in [3.63, 3.8) is 0 Å². The van der Waals surface area contributed by atoms with Gasteiger partial charge in [-0.15, -0.1) is 0 Å². The van der Waals surface area contributed by atoms with Gasteiger partial charge in [0.15, 0.2) is 23.9 Å². The lowest BCUT2D eigenvalue weighted by molar-refractivity contribution is -0.143. The first-order valence-electron chi connectivity index (χ1n) is 8.81. The summed E-state index contributed by atoms with van der Waals surface area (Å²) in [6.45, 7) is 4.73. The fraction of sp³-hybridized carbons (Fsp3) is 0.333. The number of fused-ring (bicyclic) bond motifs is 1. The molecule has 1 aliphatic rings. The molecule has 2 aromatic rings. The van der Waals surface area contributed by atoms with Crippen molar-refractivity contribution in [1.29, 1.82) is 0 Å². The van der Waals surface area contributed by atoms with Crippen molar-refractivity contribution in [3.05, 3.63) is 53.1 Å². The Morgan fingerprint density at radius 1 is 1.00 bits per heavy atom. The van der Waals surface area contributed by atoms with Crippen LogP contribution in [-0.4, -0.2) is 38.2 Å². The Hall–Kier alpha value is -3.02. The molecule has 0 fully saturated rings. The fourth-order valence-corrected chi connectivity index (χ4v) is 2.63. The minimum atomic E-state index is -0.480. The average molecular weight is 370 g/mol. The first kappa shape index (κ1) is 18.8. The van der Waals surface area contributed by atoms with Crippen molar-refractivity contribution >= 4 is 11.8 Å². The summed E-state index contributed by atoms with van der Waals surface area (Å²) in [5.74, 6) is 1.11. The van der Waals surface area contributed by atoms with Gasteiger partial charge in [-0.25, -0.2) is 0 Å². The maximum absolute atomic E-state index is 12.2. The third-order valence-electron chi connectivity index (χ3n) is 4.14. The summed E-state index contributed by atoms with van der Waals surface area (Å²) in [6.07, 6.45) is 0.0712. The van der Waals surface area contributed by atoms with Crippen molar-refractivity contribution in [3.8, 4) is 17.2 Å². The molecule has 6 heteroatoms. The molecule has 0 aromatic heterocycles. The molecule has 0 saturated heterocycles. The Bertz CT molecular complexity index is 843. The van der Waals surface area contributed by atoms with Crippen LogP contribution in [0, 0.1) is 13.8 Å². The van der Waals surface area contributed by atoms with Crippen LogP contribution < -0.4 is 14.2 Å². The molecular formula is C21H22O6. The van der Waals surface area contributed by atoms with E-state index in [0.29, 0.717) is 30.3 Å². The highest BCUT2D eigenvalue weighted by Crippen LogP contribution is 2.30. The maximum atomic E-state index is 12.2. The van der Waals surface area contributed by atoms with Gasteiger partial charge in [0.25, 0.3) is 0 Å². The Morgan fingerprint density at radius 3 is 2.59 bits per heavy atom. The predicted molar refractivity (Wildman–Crippen MR) is 98.7 cm³/mol. The number of carbonyl (C=O) groups is 2. The average Bonchev–Trinajstić information content (AvgIpc) is 2.68. The minimum Gasteiger partial charge on any atom is -0.493 e. The second kappa shape index (κ2) is 8.58. The van der Waals surface area contributed by atoms with Gasteiger partial charge < -0.3 is 18.9 Å². The molecule has 0 atom stereocenters. The molecule has 142 valence electrons. The number of aryl methyl sites for hydroxylation is 2. The van der Waals surface area contributed by atoms with Gasteiger partial charge in [0.1, 0.15) is 19.0 Å². The van der Waals surface area contributed by atoms with Crippen LogP contribution in [0.15, 0.2) is 36.4 Å². The highest BCUT2D eigenvalue weighted by atomic mass is 16.6. The third-order valence-corrected chi connectivity index (χ3v) is 4.14. The summed E-state index contributed by atoms with van der Waals surface area (Å²) in [5.41, 5.74) is 2.50. The van der Waals surface area contributed by atoms with Crippen molar-refractivity contribution < 1.29 is 28.5 Å². The van der Waals surface area contributed by atoms with Crippen LogP contribution in [0.1, 0.15) is 27.9 Å². The lowest BCUT2D eigenvalue weighted by atomic mass is 10.1. The summed E-state index contributed by atoms with van der Waals surface area (Å²) in [5, 5.41) is 0. The van der Waals surface area contributed by atoms with E-state index in [-0.39, 0.29) is 25.4 Å². The van der Waals surface area contributed by atoms with Crippen LogP contribution in [0.25, 0.3) is 0 Å². The molecule has 0 aliphatic carbocycles. The highest BCUT2D eigenvalue weighted by Gasteiger charge is 2.16. The summed E-state index contributed by atoms with van der Waals surface area (Å²) in [7, 11) is 0. The van der Waals surface area contributed by atoms with Gasteiger partial charge in [-0.2, -0.15) is 0 Å². The zero-order valence-electron chi connectivity index (χ0n) is 15.4. The van der Waals surface area contributed by atoms with Crippen LogP contribution in [0.4, 0.5) is 0 Å². The Morgan fingerprint density at radius 2 is 1.78 bits per heavy atom. The summed E-state index contributed by atoms with van der Waals surface area (Å²) in [6, 6.07) is 10.8. The quantitative estimate of drug-likeness (QED) is 0.550. The Labute approximate surface area is 158 Å². The third kappa shape index (κ3) is 5.00. The molecule has 0 unspecified atom stereocenters. The fourth-order valence-electron chi connectivity index (χ4n) is 2.63. The predicted octanol–water partition coefficient (Wildman–Crippen LogP) is 3.27. The molecule has 1 heterocycles. The number of ether oxygens (including phenoxy) is 4. The lowest BCUT2D eigenvalue weighted by Crippen LogP contribution is -2.18. The van der Waals surface area contributed by atoms with Crippen molar-refractivity contribution in [2.75, 3.05) is 26.4 Å². The van der Waals surface area contributed by atoms with Gasteiger partial charge in [-0.3, -0.25) is 9.59 Å². The largest absolute Gasteiger partial charge is 0.493 e. The van der Waals surface area contributed by atoms with Crippen LogP contribution in [0.5, 0.6) is 17.2 Å². The topological polar surface area (TPSA) is 71.1 Å². The van der Waals surface area contributed by atoms with E-state index in [4.69, 9.17) is 18.9 Å². The van der Waals surface area contributed by atoms with Crippen LogP contribution >= 0.6 is 0 Å². The Kier molecular flexibility index (Phi) is 5.96. The van der Waals surface area contributed by atoms with Crippen molar-refractivity contribution in [2.45, 2.75) is 20.3 Å². The van der Waals surface area contributed by atoms with E-state index in [1.165, 1.54) is 0 Å². The van der Waals surface area contributed by atoms with Crippen LogP contribution in [0.3, 0.4) is 0 Å². The molecular weight excluding hydrogens is 348 g/mol. The highest BCUT2D eigenvalue weighted by molar-refractivity contribution is 5.98. The van der Waals surface area contributed by atoms with Crippen LogP contribution in [-0.2, 0) is 9.53 Å². The number of rotatable bonds is 7. The van der Waals surface area contributed by atoms with Crippen LogP contribution in [0.2, 0.25) is 0 Å². The zero-order valence-corrected chi connectivity index (χ0v) is 15.4. The van der Waals surface area contributed by atoms with E-state index in [9.17, 15) is 9.59 Å². The van der Waals surface area contributed by atoms with Crippen molar-refractivity contribution in [2.24, 2.45) is 0 Å². The lowest BCUT2D eigenvalue weighted by Gasteiger charge is -2.18. The number of esters is 1. The first-order chi connectivity index (χ1) is 13.0. The van der Waals surface area contributed by atoms with Gasteiger partial charge in [-0.1, -0.05) is 12.1 Å². The Balaban J connectivity index is 1.45. The van der Waals surface area contributed by atoms with E-state index in [0.717, 1.165) is 16.9 Å². The summed E-state index contributed by atoms with van der Waals surface area (Å²) >= 11 is 0. The number of hydrogen-bond acceptors (Lipinski definition) is 6. The molecule has 0 amide bonds. The van der Waals surface area contributed by atoms with Gasteiger partial charge in [0, 0.05) is 5.56 Å². The molecule has 2 aromatic carbocycles. The van der Waals surface area contributed by atoms with E-state index in [1.807, 2.05) is 32.0 Å². The maximum Gasteiger partial charge on any atom is 0.309 e. The number of carbonyl (C=O) groups excluding carboxylic acids is 2. The standard InChI is InChI=1S/C21H22O6/c1-14-3-4-15(2)19(11-14)24-8-7-21(23)27-13-17(22)16-5-6-18-20(12-16)26-10-9-25-18/h3-6,11-12H,7-10,13H2,1-2H3. The molecule has 27 heavy (non-hydrogen) atoms. The molecule has 6 nitrogen and oxygen atoms in total. The molecule has 0 saturated carbocycles. The van der Waals surface area contributed by atoms with E-state index in [2.05, 4.69) is 0 Å². The second-order valence-corrected chi connectivity index (χ2v) is 6.31. The van der Waals surface area contributed by atoms with Gasteiger partial charge in [-0.05, 0) is 49.2 Å². The van der Waals surface area contributed by atoms with Gasteiger partial charge >= 0.3 is 5.97 Å². The molecule has 0 N–H and O–H groups in total. The van der Waals surface area contributed by atoms with E-state index < -0.39 is 5.97 Å². The SMILES string of the molecule is Cc1ccc(C)c(OCCC(=O)OCC(=O)c2ccc3c(c2)OCCO3)c1. The molecule has 3 rings (SSSR count). The smallest absolute Gasteiger partial charge is 0.309 e. The summed E-state index contributed by atoms with van der Waals surface area (Å²) < 4.78 is 21.5. The number of Topliss-reactive ketones (excluding diaryl/α,β-unsaturated/α-hetero) is 1. The molecule has 0 bridgehead atoms. The van der Waals surface area contributed by atoms with E-state index in [1.54, 1.807) is 18.2 Å². The summed E-state index contributed by atoms with van der Waals surface area (Å²) in [4.78, 5) is 24.1. The van der Waals surface area contributed by atoms with Gasteiger partial charge in [0.2, 0.25) is 0 Å². The normalized spacial score (nSPS) is 12.4. The molecule has 0 radical (unpaired) electrons. The zero-order chi connectivity index (χ0) is 19.2. The number of ketones is 1. The molecule has 1 aliphatic heterocycles. The monoisotopic (exact) mass is 370 g/mol. The van der Waals surface area contributed by atoms with Crippen molar-refractivity contribution in [1.82, 2.24) is 0 Å². The van der Waals surface area contributed by atoms with Gasteiger partial charge in [0.05, 0.1) is 13.0 Å². The molecule has 0 spiro atoms.